The monoisotopic (exact) mass is 327 g/mol. The highest BCUT2D eigenvalue weighted by Crippen LogP contribution is 2.20. The Hall–Kier alpha value is -2.82. The minimum Gasteiger partial charge on any atom is -0.481 e. The molecule has 2 aromatic rings. The number of hydrogen-bond acceptors (Lipinski definition) is 4. The number of hydrogen-bond donors (Lipinski definition) is 1. The van der Waals surface area contributed by atoms with Gasteiger partial charge in [-0.3, -0.25) is 4.79 Å². The van der Waals surface area contributed by atoms with Crippen molar-refractivity contribution < 1.29 is 19.1 Å². The fourth-order valence-electron chi connectivity index (χ4n) is 2.21. The molecule has 126 valence electrons. The second kappa shape index (κ2) is 8.15. The van der Waals surface area contributed by atoms with E-state index in [0.717, 1.165) is 12.0 Å². The van der Waals surface area contributed by atoms with E-state index in [0.29, 0.717) is 17.0 Å². The normalized spacial score (nSPS) is 11.5. The van der Waals surface area contributed by atoms with Gasteiger partial charge in [-0.15, -0.1) is 0 Å². The third-order valence-electron chi connectivity index (χ3n) is 3.60. The zero-order valence-electron chi connectivity index (χ0n) is 14.0. The van der Waals surface area contributed by atoms with E-state index in [9.17, 15) is 9.59 Å². The summed E-state index contributed by atoms with van der Waals surface area (Å²) >= 11 is 0. The molecule has 0 saturated heterocycles. The summed E-state index contributed by atoms with van der Waals surface area (Å²) in [7, 11) is 1.32. The first-order chi connectivity index (χ1) is 11.5. The van der Waals surface area contributed by atoms with Gasteiger partial charge >= 0.3 is 5.97 Å². The summed E-state index contributed by atoms with van der Waals surface area (Å²) in [5, 5.41) is 2.77. The molecule has 0 fully saturated rings. The largest absolute Gasteiger partial charge is 0.481 e. The summed E-state index contributed by atoms with van der Waals surface area (Å²) in [5.41, 5.74) is 2.07. The average molecular weight is 327 g/mol. The zero-order valence-corrected chi connectivity index (χ0v) is 14.0. The van der Waals surface area contributed by atoms with Crippen molar-refractivity contribution in [2.24, 2.45) is 0 Å². The topological polar surface area (TPSA) is 64.6 Å². The van der Waals surface area contributed by atoms with E-state index in [-0.39, 0.29) is 5.91 Å². The number of nitrogens with one attached hydrogen (secondary N) is 1. The van der Waals surface area contributed by atoms with Crippen LogP contribution in [-0.4, -0.2) is 25.1 Å². The molecule has 0 aliphatic heterocycles. The standard InChI is InChI=1S/C19H21NO4/c1-4-14-7-5-6-8-17(14)24-13(2)18(21)20-16-11-9-15(10-12-16)19(22)23-3/h5-13H,4H2,1-3H3,(H,20,21)/t13-/m0/s1. The lowest BCUT2D eigenvalue weighted by atomic mass is 10.1. The number of carbonyl (C=O) groups is 2. The highest BCUT2D eigenvalue weighted by Gasteiger charge is 2.16. The van der Waals surface area contributed by atoms with Crippen LogP contribution in [0.15, 0.2) is 48.5 Å². The first-order valence-corrected chi connectivity index (χ1v) is 7.79. The van der Waals surface area contributed by atoms with E-state index in [1.54, 1.807) is 31.2 Å². The van der Waals surface area contributed by atoms with Crippen molar-refractivity contribution in [3.05, 3.63) is 59.7 Å². The molecule has 0 bridgehead atoms. The van der Waals surface area contributed by atoms with Crippen LogP contribution in [0.4, 0.5) is 5.69 Å². The van der Waals surface area contributed by atoms with E-state index >= 15 is 0 Å². The molecule has 1 N–H and O–H groups in total. The van der Waals surface area contributed by atoms with Crippen LogP contribution in [0.5, 0.6) is 5.75 Å². The Labute approximate surface area is 141 Å². The summed E-state index contributed by atoms with van der Waals surface area (Å²) in [4.78, 5) is 23.7. The minimum atomic E-state index is -0.641. The lowest BCUT2D eigenvalue weighted by Crippen LogP contribution is -2.30. The van der Waals surface area contributed by atoms with Gasteiger partial charge < -0.3 is 14.8 Å². The van der Waals surface area contributed by atoms with E-state index in [2.05, 4.69) is 10.1 Å². The highest BCUT2D eigenvalue weighted by atomic mass is 16.5. The number of ether oxygens (including phenoxy) is 2. The Morgan fingerprint density at radius 2 is 1.75 bits per heavy atom. The minimum absolute atomic E-state index is 0.258. The number of aryl methyl sites for hydroxylation is 1. The third kappa shape index (κ3) is 4.35. The molecule has 0 aliphatic carbocycles. The van der Waals surface area contributed by atoms with Crippen molar-refractivity contribution in [3.8, 4) is 5.75 Å². The first-order valence-electron chi connectivity index (χ1n) is 7.79. The molecule has 0 spiro atoms. The zero-order chi connectivity index (χ0) is 17.5. The maximum absolute atomic E-state index is 12.3. The quantitative estimate of drug-likeness (QED) is 0.826. The summed E-state index contributed by atoms with van der Waals surface area (Å²) in [6.07, 6.45) is 0.192. The molecule has 5 nitrogen and oxygen atoms in total. The molecule has 0 aromatic heterocycles. The van der Waals surface area contributed by atoms with Crippen LogP contribution < -0.4 is 10.1 Å². The van der Waals surface area contributed by atoms with Gasteiger partial charge in [0.2, 0.25) is 0 Å². The molecule has 2 rings (SSSR count). The van der Waals surface area contributed by atoms with Crippen molar-refractivity contribution in [1.82, 2.24) is 0 Å². The van der Waals surface area contributed by atoms with E-state index in [1.807, 2.05) is 31.2 Å². The number of anilines is 1. The maximum Gasteiger partial charge on any atom is 0.337 e. The molecule has 2 aromatic carbocycles. The summed E-state index contributed by atoms with van der Waals surface area (Å²) in [5.74, 6) is 0.0381. The van der Waals surface area contributed by atoms with Crippen LogP contribution in [0.1, 0.15) is 29.8 Å². The van der Waals surface area contributed by atoms with Crippen LogP contribution in [0.3, 0.4) is 0 Å². The average Bonchev–Trinajstić information content (AvgIpc) is 2.62. The van der Waals surface area contributed by atoms with Gasteiger partial charge in [0.15, 0.2) is 6.10 Å². The number of benzene rings is 2. The van der Waals surface area contributed by atoms with Crippen LogP contribution >= 0.6 is 0 Å². The summed E-state index contributed by atoms with van der Waals surface area (Å²) in [6.45, 7) is 3.74. The number of para-hydroxylation sites is 1. The van der Waals surface area contributed by atoms with E-state index in [1.165, 1.54) is 7.11 Å². The van der Waals surface area contributed by atoms with Gasteiger partial charge in [0.05, 0.1) is 12.7 Å². The molecule has 0 aliphatic rings. The molecule has 24 heavy (non-hydrogen) atoms. The van der Waals surface area contributed by atoms with Gasteiger partial charge in [0, 0.05) is 5.69 Å². The molecule has 5 heteroatoms. The smallest absolute Gasteiger partial charge is 0.337 e. The Balaban J connectivity index is 2.00. The highest BCUT2D eigenvalue weighted by molar-refractivity contribution is 5.95. The number of methoxy groups -OCH3 is 1. The molecule has 0 heterocycles. The Bertz CT molecular complexity index is 710. The number of amides is 1. The Kier molecular flexibility index (Phi) is 5.95. The molecule has 1 atom stereocenters. The first kappa shape index (κ1) is 17.5. The summed E-state index contributed by atoms with van der Waals surface area (Å²) in [6, 6.07) is 14.1. The van der Waals surface area contributed by atoms with Gasteiger partial charge in [-0.1, -0.05) is 25.1 Å². The lowest BCUT2D eigenvalue weighted by Gasteiger charge is -2.17. The molecule has 0 radical (unpaired) electrons. The van der Waals surface area contributed by atoms with Gasteiger partial charge in [0.25, 0.3) is 5.91 Å². The van der Waals surface area contributed by atoms with Crippen LogP contribution in [-0.2, 0) is 16.0 Å². The molecular weight excluding hydrogens is 306 g/mol. The maximum atomic E-state index is 12.3. The van der Waals surface area contributed by atoms with Crippen molar-refractivity contribution in [2.75, 3.05) is 12.4 Å². The van der Waals surface area contributed by atoms with Crippen molar-refractivity contribution >= 4 is 17.6 Å². The second-order valence-corrected chi connectivity index (χ2v) is 5.28. The molecular formula is C19H21NO4. The van der Waals surface area contributed by atoms with Gasteiger partial charge in [-0.2, -0.15) is 0 Å². The number of carbonyl (C=O) groups excluding carboxylic acids is 2. The van der Waals surface area contributed by atoms with Crippen molar-refractivity contribution in [1.29, 1.82) is 0 Å². The van der Waals surface area contributed by atoms with Crippen molar-refractivity contribution in [2.45, 2.75) is 26.4 Å². The molecule has 0 unspecified atom stereocenters. The molecule has 1 amide bonds. The fourth-order valence-corrected chi connectivity index (χ4v) is 2.21. The third-order valence-corrected chi connectivity index (χ3v) is 3.60. The fraction of sp³-hybridized carbons (Fsp3) is 0.263. The Morgan fingerprint density at radius 1 is 1.08 bits per heavy atom. The SMILES string of the molecule is CCc1ccccc1O[C@@H](C)C(=O)Nc1ccc(C(=O)OC)cc1. The van der Waals surface area contributed by atoms with Gasteiger partial charge in [-0.25, -0.2) is 4.79 Å². The van der Waals surface area contributed by atoms with E-state index < -0.39 is 12.1 Å². The van der Waals surface area contributed by atoms with Crippen LogP contribution in [0.25, 0.3) is 0 Å². The predicted molar refractivity (Wildman–Crippen MR) is 92.3 cm³/mol. The second-order valence-electron chi connectivity index (χ2n) is 5.28. The van der Waals surface area contributed by atoms with Crippen molar-refractivity contribution in [3.63, 3.8) is 0 Å². The number of rotatable bonds is 6. The van der Waals surface area contributed by atoms with E-state index in [4.69, 9.17) is 4.74 Å². The van der Waals surface area contributed by atoms with Gasteiger partial charge in [0.1, 0.15) is 5.75 Å². The lowest BCUT2D eigenvalue weighted by molar-refractivity contribution is -0.122. The Morgan fingerprint density at radius 3 is 2.38 bits per heavy atom. The van der Waals surface area contributed by atoms with Crippen LogP contribution in [0.2, 0.25) is 0 Å². The predicted octanol–water partition coefficient (Wildman–Crippen LogP) is 3.44. The van der Waals surface area contributed by atoms with Gasteiger partial charge in [-0.05, 0) is 49.2 Å². The summed E-state index contributed by atoms with van der Waals surface area (Å²) < 4.78 is 10.4. The number of esters is 1. The van der Waals surface area contributed by atoms with Crippen LogP contribution in [0, 0.1) is 0 Å². The molecule has 0 saturated carbocycles.